The molecule has 0 bridgehead atoms. The molecule has 1 unspecified atom stereocenters. The predicted octanol–water partition coefficient (Wildman–Crippen LogP) is 2.52. The van der Waals surface area contributed by atoms with E-state index in [-0.39, 0.29) is 5.91 Å². The molecule has 2 rings (SSSR count). The molecule has 1 aromatic carbocycles. The van der Waals surface area contributed by atoms with Crippen LogP contribution in [0.3, 0.4) is 0 Å². The number of rotatable bonds is 6. The predicted molar refractivity (Wildman–Crippen MR) is 97.3 cm³/mol. The van der Waals surface area contributed by atoms with Crippen LogP contribution in [0.4, 0.5) is 0 Å². The lowest BCUT2D eigenvalue weighted by Crippen LogP contribution is -2.46. The molecule has 128 valence electrons. The summed E-state index contributed by atoms with van der Waals surface area (Å²) >= 11 is 1.97. The summed E-state index contributed by atoms with van der Waals surface area (Å²) in [6.45, 7) is 1.84. The average molecular weight is 337 g/mol. The second-order valence-electron chi connectivity index (χ2n) is 6.28. The summed E-state index contributed by atoms with van der Waals surface area (Å²) in [5, 5.41) is 0. The molecule has 0 spiro atoms. The van der Waals surface area contributed by atoms with E-state index in [1.165, 1.54) is 5.56 Å². The molecule has 1 aromatic rings. The largest absolute Gasteiger partial charge is 0.497 e. The van der Waals surface area contributed by atoms with Crippen molar-refractivity contribution in [1.29, 1.82) is 0 Å². The number of aryl methyl sites for hydroxylation is 1. The third kappa shape index (κ3) is 5.74. The smallest absolute Gasteiger partial charge is 0.223 e. The number of nitrogens with zero attached hydrogens (tertiary/aromatic N) is 2. The van der Waals surface area contributed by atoms with Gasteiger partial charge in [0.05, 0.1) is 13.2 Å². The Kier molecular flexibility index (Phi) is 7.24. The molecule has 0 radical (unpaired) electrons. The van der Waals surface area contributed by atoms with Crippen LogP contribution in [0.15, 0.2) is 24.3 Å². The standard InChI is InChI=1S/C18H28N2O2S/c1-19(2)13-16-14-23-12-4-11-20(16)18(21)10-7-15-5-8-17(22-3)9-6-15/h5-6,8-9,16H,4,7,10-14H2,1-3H3. The van der Waals surface area contributed by atoms with E-state index in [0.29, 0.717) is 12.5 Å². The number of methoxy groups -OCH3 is 1. The number of carbonyl (C=O) groups excluding carboxylic acids is 1. The van der Waals surface area contributed by atoms with Crippen LogP contribution in [0.2, 0.25) is 0 Å². The SMILES string of the molecule is COc1ccc(CCC(=O)N2CCCSCC2CN(C)C)cc1. The van der Waals surface area contributed by atoms with E-state index in [1.54, 1.807) is 7.11 Å². The van der Waals surface area contributed by atoms with Gasteiger partial charge < -0.3 is 14.5 Å². The Morgan fingerprint density at radius 2 is 2.09 bits per heavy atom. The van der Waals surface area contributed by atoms with Crippen molar-refractivity contribution in [2.24, 2.45) is 0 Å². The maximum absolute atomic E-state index is 12.7. The van der Waals surface area contributed by atoms with E-state index >= 15 is 0 Å². The molecule has 0 aromatic heterocycles. The highest BCUT2D eigenvalue weighted by Crippen LogP contribution is 2.19. The first kappa shape index (κ1) is 18.1. The minimum atomic E-state index is 0.287. The van der Waals surface area contributed by atoms with Crippen molar-refractivity contribution in [2.75, 3.05) is 45.8 Å². The van der Waals surface area contributed by atoms with Crippen molar-refractivity contribution in [3.05, 3.63) is 29.8 Å². The Hall–Kier alpha value is -1.20. The lowest BCUT2D eigenvalue weighted by molar-refractivity contribution is -0.133. The van der Waals surface area contributed by atoms with Crippen molar-refractivity contribution < 1.29 is 9.53 Å². The fraction of sp³-hybridized carbons (Fsp3) is 0.611. The van der Waals surface area contributed by atoms with Crippen molar-refractivity contribution in [3.8, 4) is 5.75 Å². The van der Waals surface area contributed by atoms with Gasteiger partial charge in [0.15, 0.2) is 0 Å². The molecule has 1 amide bonds. The third-order valence-corrected chi connectivity index (χ3v) is 5.32. The van der Waals surface area contributed by atoms with Crippen LogP contribution in [0, 0.1) is 0 Å². The summed E-state index contributed by atoms with van der Waals surface area (Å²) in [6.07, 6.45) is 2.48. The summed E-state index contributed by atoms with van der Waals surface area (Å²) in [5.74, 6) is 3.35. The Bertz CT molecular complexity index is 490. The Balaban J connectivity index is 1.92. The van der Waals surface area contributed by atoms with Crippen LogP contribution in [-0.4, -0.2) is 67.5 Å². The lowest BCUT2D eigenvalue weighted by atomic mass is 10.1. The van der Waals surface area contributed by atoms with E-state index < -0.39 is 0 Å². The van der Waals surface area contributed by atoms with Crippen LogP contribution in [-0.2, 0) is 11.2 Å². The Morgan fingerprint density at radius 3 is 2.74 bits per heavy atom. The van der Waals surface area contributed by atoms with Crippen molar-refractivity contribution in [2.45, 2.75) is 25.3 Å². The molecular formula is C18H28N2O2S. The second kappa shape index (κ2) is 9.18. The highest BCUT2D eigenvalue weighted by Gasteiger charge is 2.25. The van der Waals surface area contributed by atoms with Crippen LogP contribution in [0.5, 0.6) is 5.75 Å². The maximum Gasteiger partial charge on any atom is 0.223 e. The maximum atomic E-state index is 12.7. The summed E-state index contributed by atoms with van der Waals surface area (Å²) in [6, 6.07) is 8.33. The van der Waals surface area contributed by atoms with Crippen LogP contribution in [0.25, 0.3) is 0 Å². The molecule has 0 aliphatic carbocycles. The second-order valence-corrected chi connectivity index (χ2v) is 7.43. The van der Waals surface area contributed by atoms with Gasteiger partial charge >= 0.3 is 0 Å². The third-order valence-electron chi connectivity index (χ3n) is 4.12. The van der Waals surface area contributed by atoms with E-state index in [2.05, 4.69) is 23.9 Å². The first-order valence-corrected chi connectivity index (χ1v) is 9.40. The number of hydrogen-bond acceptors (Lipinski definition) is 4. The Morgan fingerprint density at radius 1 is 1.35 bits per heavy atom. The molecular weight excluding hydrogens is 308 g/mol. The van der Waals surface area contributed by atoms with Gasteiger partial charge in [0.2, 0.25) is 5.91 Å². The Labute approximate surface area is 144 Å². The number of carbonyl (C=O) groups is 1. The normalized spacial score (nSPS) is 18.8. The molecule has 1 heterocycles. The van der Waals surface area contributed by atoms with E-state index in [0.717, 1.165) is 43.2 Å². The van der Waals surface area contributed by atoms with Gasteiger partial charge in [0, 0.05) is 25.3 Å². The van der Waals surface area contributed by atoms with Crippen LogP contribution >= 0.6 is 11.8 Å². The topological polar surface area (TPSA) is 32.8 Å². The van der Waals surface area contributed by atoms with Gasteiger partial charge in [-0.1, -0.05) is 12.1 Å². The number of likely N-dealkylation sites (N-methyl/N-ethyl adjacent to an activating group) is 1. The van der Waals surface area contributed by atoms with Gasteiger partial charge in [0.25, 0.3) is 0 Å². The zero-order valence-electron chi connectivity index (χ0n) is 14.5. The minimum Gasteiger partial charge on any atom is -0.497 e. The molecule has 0 N–H and O–H groups in total. The molecule has 1 fully saturated rings. The summed E-state index contributed by atoms with van der Waals surface area (Å²) < 4.78 is 5.17. The van der Waals surface area contributed by atoms with Crippen LogP contribution < -0.4 is 4.74 Å². The van der Waals surface area contributed by atoms with E-state index in [9.17, 15) is 4.79 Å². The van der Waals surface area contributed by atoms with Gasteiger partial charge in [-0.3, -0.25) is 4.79 Å². The van der Waals surface area contributed by atoms with Gasteiger partial charge in [0.1, 0.15) is 5.75 Å². The summed E-state index contributed by atoms with van der Waals surface area (Å²) in [4.78, 5) is 17.0. The molecule has 1 atom stereocenters. The van der Waals surface area contributed by atoms with E-state index in [4.69, 9.17) is 4.74 Å². The molecule has 5 heteroatoms. The fourth-order valence-electron chi connectivity index (χ4n) is 2.92. The molecule has 1 aliphatic rings. The number of hydrogen-bond donors (Lipinski definition) is 0. The van der Waals surface area contributed by atoms with Gasteiger partial charge in [-0.05, 0) is 50.4 Å². The summed E-state index contributed by atoms with van der Waals surface area (Å²) in [5.41, 5.74) is 1.19. The average Bonchev–Trinajstić information content (AvgIpc) is 2.78. The highest BCUT2D eigenvalue weighted by atomic mass is 32.2. The van der Waals surface area contributed by atoms with Crippen LogP contribution in [0.1, 0.15) is 18.4 Å². The highest BCUT2D eigenvalue weighted by molar-refractivity contribution is 7.99. The number of thioether (sulfide) groups is 1. The minimum absolute atomic E-state index is 0.287. The molecule has 0 saturated carbocycles. The lowest BCUT2D eigenvalue weighted by Gasteiger charge is -2.31. The quantitative estimate of drug-likeness (QED) is 0.799. The van der Waals surface area contributed by atoms with Crippen molar-refractivity contribution in [1.82, 2.24) is 9.80 Å². The number of benzene rings is 1. The van der Waals surface area contributed by atoms with Gasteiger partial charge in [-0.15, -0.1) is 0 Å². The first-order chi connectivity index (χ1) is 11.1. The molecule has 4 nitrogen and oxygen atoms in total. The zero-order valence-corrected chi connectivity index (χ0v) is 15.3. The van der Waals surface area contributed by atoms with Crippen molar-refractivity contribution in [3.63, 3.8) is 0 Å². The molecule has 1 saturated heterocycles. The zero-order chi connectivity index (χ0) is 16.7. The number of ether oxygens (including phenoxy) is 1. The van der Waals surface area contributed by atoms with Gasteiger partial charge in [-0.25, -0.2) is 0 Å². The fourth-order valence-corrected chi connectivity index (χ4v) is 3.97. The molecule has 23 heavy (non-hydrogen) atoms. The number of amides is 1. The van der Waals surface area contributed by atoms with E-state index in [1.807, 2.05) is 36.0 Å². The first-order valence-electron chi connectivity index (χ1n) is 8.25. The summed E-state index contributed by atoms with van der Waals surface area (Å²) in [7, 11) is 5.83. The monoisotopic (exact) mass is 336 g/mol. The van der Waals surface area contributed by atoms with Crippen molar-refractivity contribution >= 4 is 17.7 Å². The van der Waals surface area contributed by atoms with Gasteiger partial charge in [-0.2, -0.15) is 11.8 Å². The molecule has 1 aliphatic heterocycles.